The molecule has 0 saturated heterocycles. The minimum atomic E-state index is -0.217. The molecule has 1 aromatic rings. The molecule has 0 fully saturated rings. The van der Waals surface area contributed by atoms with Crippen LogP contribution in [-0.4, -0.2) is 43.7 Å². The van der Waals surface area contributed by atoms with Gasteiger partial charge in [-0.1, -0.05) is 18.2 Å². The largest absolute Gasteiger partial charge is 0.492 e. The van der Waals surface area contributed by atoms with Gasteiger partial charge in [-0.05, 0) is 38.0 Å². The van der Waals surface area contributed by atoms with E-state index in [2.05, 4.69) is 12.6 Å². The van der Waals surface area contributed by atoms with Gasteiger partial charge in [0.1, 0.15) is 12.4 Å². The summed E-state index contributed by atoms with van der Waals surface area (Å²) in [5.41, 5.74) is 2.28. The van der Waals surface area contributed by atoms with Crippen molar-refractivity contribution >= 4 is 5.97 Å². The van der Waals surface area contributed by atoms with Crippen LogP contribution in [0.4, 0.5) is 0 Å². The number of ether oxygens (including phenoxy) is 2. The Bertz CT molecular complexity index is 471. The third-order valence-corrected chi connectivity index (χ3v) is 3.05. The number of esters is 1. The molecule has 4 heteroatoms. The van der Waals surface area contributed by atoms with Gasteiger partial charge in [0.25, 0.3) is 0 Å². The maximum Gasteiger partial charge on any atom is 0.320 e. The SMILES string of the molecule is C=CCN(CCOc1cc(C)ccc1C)CC(=O)OCC. The smallest absolute Gasteiger partial charge is 0.320 e. The Labute approximate surface area is 127 Å². The molecule has 0 radical (unpaired) electrons. The Morgan fingerprint density at radius 1 is 1.38 bits per heavy atom. The number of carbonyl (C=O) groups is 1. The number of hydrogen-bond acceptors (Lipinski definition) is 4. The fourth-order valence-corrected chi connectivity index (χ4v) is 1.95. The molecular weight excluding hydrogens is 266 g/mol. The van der Waals surface area contributed by atoms with Gasteiger partial charge in [-0.15, -0.1) is 6.58 Å². The van der Waals surface area contributed by atoms with Crippen LogP contribution in [0, 0.1) is 13.8 Å². The summed E-state index contributed by atoms with van der Waals surface area (Å²) < 4.78 is 10.8. The summed E-state index contributed by atoms with van der Waals surface area (Å²) in [5, 5.41) is 0. The van der Waals surface area contributed by atoms with Crippen molar-refractivity contribution in [3.63, 3.8) is 0 Å². The lowest BCUT2D eigenvalue weighted by atomic mass is 10.1. The van der Waals surface area contributed by atoms with E-state index < -0.39 is 0 Å². The normalized spacial score (nSPS) is 10.5. The number of hydrogen-bond donors (Lipinski definition) is 0. The molecule has 1 rings (SSSR count). The summed E-state index contributed by atoms with van der Waals surface area (Å²) in [7, 11) is 0. The third-order valence-electron chi connectivity index (χ3n) is 3.05. The number of aryl methyl sites for hydroxylation is 2. The zero-order valence-corrected chi connectivity index (χ0v) is 13.2. The molecule has 0 aliphatic carbocycles. The van der Waals surface area contributed by atoms with Gasteiger partial charge in [0.15, 0.2) is 0 Å². The monoisotopic (exact) mass is 291 g/mol. The molecule has 0 aliphatic rings. The van der Waals surface area contributed by atoms with Gasteiger partial charge in [0.2, 0.25) is 0 Å². The van der Waals surface area contributed by atoms with Crippen LogP contribution >= 0.6 is 0 Å². The van der Waals surface area contributed by atoms with Gasteiger partial charge >= 0.3 is 5.97 Å². The van der Waals surface area contributed by atoms with Crippen molar-refractivity contribution in [3.05, 3.63) is 42.0 Å². The maximum absolute atomic E-state index is 11.5. The standard InChI is InChI=1S/C17H25NO3/c1-5-9-18(13-17(19)20-6-2)10-11-21-16-12-14(3)7-8-15(16)4/h5,7-8,12H,1,6,9-11,13H2,2-4H3. The summed E-state index contributed by atoms with van der Waals surface area (Å²) in [6, 6.07) is 6.14. The molecule has 21 heavy (non-hydrogen) atoms. The molecule has 4 nitrogen and oxygen atoms in total. The predicted molar refractivity (Wildman–Crippen MR) is 84.7 cm³/mol. The van der Waals surface area contributed by atoms with Crippen LogP contribution in [0.3, 0.4) is 0 Å². The Kier molecular flexibility index (Phi) is 7.54. The van der Waals surface area contributed by atoms with Gasteiger partial charge in [-0.25, -0.2) is 0 Å². The molecule has 0 saturated carbocycles. The van der Waals surface area contributed by atoms with Crippen molar-refractivity contribution in [1.29, 1.82) is 0 Å². The number of nitrogens with zero attached hydrogens (tertiary/aromatic N) is 1. The number of benzene rings is 1. The molecule has 1 aromatic carbocycles. The molecular formula is C17H25NO3. The van der Waals surface area contributed by atoms with Crippen LogP contribution < -0.4 is 4.74 Å². The van der Waals surface area contributed by atoms with E-state index in [-0.39, 0.29) is 12.5 Å². The molecule has 0 amide bonds. The second-order valence-corrected chi connectivity index (χ2v) is 4.95. The van der Waals surface area contributed by atoms with E-state index in [9.17, 15) is 4.79 Å². The van der Waals surface area contributed by atoms with E-state index in [0.29, 0.717) is 26.3 Å². The summed E-state index contributed by atoms with van der Waals surface area (Å²) in [5.74, 6) is 0.677. The maximum atomic E-state index is 11.5. The highest BCUT2D eigenvalue weighted by Crippen LogP contribution is 2.18. The highest BCUT2D eigenvalue weighted by molar-refractivity contribution is 5.71. The Morgan fingerprint density at radius 2 is 2.14 bits per heavy atom. The lowest BCUT2D eigenvalue weighted by molar-refractivity contribution is -0.144. The molecule has 0 atom stereocenters. The molecule has 0 aromatic heterocycles. The lowest BCUT2D eigenvalue weighted by Gasteiger charge is -2.20. The molecule has 0 unspecified atom stereocenters. The van der Waals surface area contributed by atoms with Crippen molar-refractivity contribution in [2.24, 2.45) is 0 Å². The average molecular weight is 291 g/mol. The summed E-state index contributed by atoms with van der Waals surface area (Å²) >= 11 is 0. The average Bonchev–Trinajstić information content (AvgIpc) is 2.43. The lowest BCUT2D eigenvalue weighted by Crippen LogP contribution is -2.34. The fourth-order valence-electron chi connectivity index (χ4n) is 1.95. The van der Waals surface area contributed by atoms with Crippen molar-refractivity contribution in [3.8, 4) is 5.75 Å². The van der Waals surface area contributed by atoms with Gasteiger partial charge in [-0.3, -0.25) is 9.69 Å². The molecule has 0 heterocycles. The highest BCUT2D eigenvalue weighted by Gasteiger charge is 2.10. The first-order valence-corrected chi connectivity index (χ1v) is 7.25. The van der Waals surface area contributed by atoms with Gasteiger partial charge in [0, 0.05) is 13.1 Å². The summed E-state index contributed by atoms with van der Waals surface area (Å²) in [6.07, 6.45) is 1.77. The van der Waals surface area contributed by atoms with Crippen LogP contribution in [0.15, 0.2) is 30.9 Å². The third kappa shape index (κ3) is 6.45. The molecule has 0 aliphatic heterocycles. The molecule has 0 bridgehead atoms. The van der Waals surface area contributed by atoms with Crippen molar-refractivity contribution in [2.45, 2.75) is 20.8 Å². The van der Waals surface area contributed by atoms with Crippen LogP contribution in [0.1, 0.15) is 18.1 Å². The summed E-state index contributed by atoms with van der Waals surface area (Å²) in [4.78, 5) is 13.5. The quantitative estimate of drug-likeness (QED) is 0.518. The minimum Gasteiger partial charge on any atom is -0.492 e. The van der Waals surface area contributed by atoms with Crippen molar-refractivity contribution in [2.75, 3.05) is 32.8 Å². The minimum absolute atomic E-state index is 0.217. The second kappa shape index (κ2) is 9.19. The fraction of sp³-hybridized carbons (Fsp3) is 0.471. The Hall–Kier alpha value is -1.81. The van der Waals surface area contributed by atoms with E-state index >= 15 is 0 Å². The number of rotatable bonds is 9. The van der Waals surface area contributed by atoms with Crippen molar-refractivity contribution < 1.29 is 14.3 Å². The highest BCUT2D eigenvalue weighted by atomic mass is 16.5. The zero-order chi connectivity index (χ0) is 15.7. The van der Waals surface area contributed by atoms with Gasteiger partial charge < -0.3 is 9.47 Å². The second-order valence-electron chi connectivity index (χ2n) is 4.95. The van der Waals surface area contributed by atoms with E-state index in [1.54, 1.807) is 13.0 Å². The Balaban J connectivity index is 2.47. The van der Waals surface area contributed by atoms with E-state index in [0.717, 1.165) is 11.3 Å². The summed E-state index contributed by atoms with van der Waals surface area (Å²) in [6.45, 7) is 12.1. The van der Waals surface area contributed by atoms with Gasteiger partial charge in [0.05, 0.1) is 13.2 Å². The van der Waals surface area contributed by atoms with Crippen LogP contribution in [0.5, 0.6) is 5.75 Å². The topological polar surface area (TPSA) is 38.8 Å². The molecule has 116 valence electrons. The van der Waals surface area contributed by atoms with E-state index in [1.165, 1.54) is 5.56 Å². The van der Waals surface area contributed by atoms with Crippen LogP contribution in [0.2, 0.25) is 0 Å². The van der Waals surface area contributed by atoms with Crippen LogP contribution in [-0.2, 0) is 9.53 Å². The molecule has 0 N–H and O–H groups in total. The van der Waals surface area contributed by atoms with Crippen LogP contribution in [0.25, 0.3) is 0 Å². The van der Waals surface area contributed by atoms with Gasteiger partial charge in [-0.2, -0.15) is 0 Å². The first kappa shape index (κ1) is 17.2. The van der Waals surface area contributed by atoms with E-state index in [1.807, 2.05) is 30.9 Å². The molecule has 0 spiro atoms. The first-order chi connectivity index (χ1) is 10.1. The first-order valence-electron chi connectivity index (χ1n) is 7.25. The van der Waals surface area contributed by atoms with E-state index in [4.69, 9.17) is 9.47 Å². The Morgan fingerprint density at radius 3 is 2.81 bits per heavy atom. The number of carbonyl (C=O) groups excluding carboxylic acids is 1. The van der Waals surface area contributed by atoms with Crippen molar-refractivity contribution in [1.82, 2.24) is 4.90 Å². The zero-order valence-electron chi connectivity index (χ0n) is 13.2. The predicted octanol–water partition coefficient (Wildman–Crippen LogP) is 2.73.